The minimum Gasteiger partial charge on any atom is -0.377 e. The third-order valence-electron chi connectivity index (χ3n) is 3.14. The Bertz CT molecular complexity index is 272. The summed E-state index contributed by atoms with van der Waals surface area (Å²) in [7, 11) is 1.77. The summed E-state index contributed by atoms with van der Waals surface area (Å²) >= 11 is 0. The van der Waals surface area contributed by atoms with Crippen molar-refractivity contribution in [3.63, 3.8) is 0 Å². The highest BCUT2D eigenvalue weighted by molar-refractivity contribution is 5.26. The van der Waals surface area contributed by atoms with Crippen LogP contribution in [-0.2, 0) is 4.74 Å². The summed E-state index contributed by atoms with van der Waals surface area (Å²) in [5, 5.41) is 0. The topological polar surface area (TPSA) is 9.23 Å². The number of rotatable bonds is 5. The molecular weight excluding hydrogens is 184 g/mol. The van der Waals surface area contributed by atoms with Gasteiger partial charge >= 0.3 is 0 Å². The second-order valence-electron chi connectivity index (χ2n) is 4.11. The van der Waals surface area contributed by atoms with Crippen LogP contribution in [0.3, 0.4) is 0 Å². The van der Waals surface area contributed by atoms with Crippen LogP contribution in [0.2, 0.25) is 0 Å². The van der Waals surface area contributed by atoms with Crippen molar-refractivity contribution in [1.29, 1.82) is 0 Å². The van der Waals surface area contributed by atoms with E-state index in [1.165, 1.54) is 17.5 Å². The highest BCUT2D eigenvalue weighted by Gasteiger charge is 2.08. The van der Waals surface area contributed by atoms with E-state index >= 15 is 0 Å². The maximum Gasteiger partial charge on any atom is 0.0818 e. The Morgan fingerprint density at radius 2 is 1.53 bits per heavy atom. The van der Waals surface area contributed by atoms with E-state index in [2.05, 4.69) is 45.0 Å². The van der Waals surface area contributed by atoms with E-state index in [1.807, 2.05) is 0 Å². The molecule has 0 amide bonds. The average Bonchev–Trinajstić information content (AvgIpc) is 2.30. The Morgan fingerprint density at radius 3 is 1.93 bits per heavy atom. The maximum atomic E-state index is 5.41. The Hall–Kier alpha value is -0.820. The van der Waals surface area contributed by atoms with E-state index in [4.69, 9.17) is 4.74 Å². The van der Waals surface area contributed by atoms with Gasteiger partial charge in [-0.2, -0.15) is 0 Å². The quantitative estimate of drug-likeness (QED) is 0.698. The van der Waals surface area contributed by atoms with E-state index in [9.17, 15) is 0 Å². The first kappa shape index (κ1) is 12.3. The molecule has 0 bridgehead atoms. The van der Waals surface area contributed by atoms with Crippen molar-refractivity contribution in [3.05, 3.63) is 35.4 Å². The maximum absolute atomic E-state index is 5.41. The predicted octanol–water partition coefficient (Wildman–Crippen LogP) is 4.30. The fourth-order valence-corrected chi connectivity index (χ4v) is 1.81. The van der Waals surface area contributed by atoms with Gasteiger partial charge in [-0.1, -0.05) is 45.0 Å². The van der Waals surface area contributed by atoms with Crippen molar-refractivity contribution in [2.45, 2.75) is 45.6 Å². The summed E-state index contributed by atoms with van der Waals surface area (Å²) in [6, 6.07) is 8.84. The van der Waals surface area contributed by atoms with Crippen molar-refractivity contribution >= 4 is 0 Å². The zero-order chi connectivity index (χ0) is 11.3. The van der Waals surface area contributed by atoms with Crippen molar-refractivity contribution < 1.29 is 4.74 Å². The van der Waals surface area contributed by atoms with E-state index in [0.717, 1.165) is 6.42 Å². The second kappa shape index (κ2) is 5.92. The molecular formula is C14H22O. The molecule has 15 heavy (non-hydrogen) atoms. The number of hydrogen-bond donors (Lipinski definition) is 0. The summed E-state index contributed by atoms with van der Waals surface area (Å²) in [5.41, 5.74) is 2.71. The molecule has 0 N–H and O–H groups in total. The van der Waals surface area contributed by atoms with Crippen LogP contribution in [0.5, 0.6) is 0 Å². The van der Waals surface area contributed by atoms with Gasteiger partial charge in [0.1, 0.15) is 0 Å². The second-order valence-corrected chi connectivity index (χ2v) is 4.11. The Kier molecular flexibility index (Phi) is 4.83. The molecule has 1 aromatic carbocycles. The van der Waals surface area contributed by atoms with Gasteiger partial charge in [-0.15, -0.1) is 0 Å². The third kappa shape index (κ3) is 3.07. The van der Waals surface area contributed by atoms with Crippen molar-refractivity contribution in [3.8, 4) is 0 Å². The van der Waals surface area contributed by atoms with E-state index in [0.29, 0.717) is 5.92 Å². The molecule has 0 saturated heterocycles. The molecule has 2 atom stereocenters. The van der Waals surface area contributed by atoms with Crippen molar-refractivity contribution in [2.24, 2.45) is 0 Å². The smallest absolute Gasteiger partial charge is 0.0818 e. The van der Waals surface area contributed by atoms with Crippen LogP contribution in [-0.4, -0.2) is 7.11 Å². The van der Waals surface area contributed by atoms with Crippen LogP contribution in [0.15, 0.2) is 24.3 Å². The van der Waals surface area contributed by atoms with Crippen LogP contribution < -0.4 is 0 Å². The molecule has 84 valence electrons. The Labute approximate surface area is 93.5 Å². The molecule has 0 heterocycles. The lowest BCUT2D eigenvalue weighted by Gasteiger charge is -2.15. The largest absolute Gasteiger partial charge is 0.377 e. The normalized spacial score (nSPS) is 14.9. The van der Waals surface area contributed by atoms with Gasteiger partial charge in [0, 0.05) is 7.11 Å². The van der Waals surface area contributed by atoms with Crippen LogP contribution in [0.4, 0.5) is 0 Å². The number of benzene rings is 1. The summed E-state index contributed by atoms with van der Waals surface area (Å²) in [5.74, 6) is 0.654. The van der Waals surface area contributed by atoms with Gasteiger partial charge in [0.25, 0.3) is 0 Å². The van der Waals surface area contributed by atoms with Gasteiger partial charge in [0.2, 0.25) is 0 Å². The van der Waals surface area contributed by atoms with Gasteiger partial charge in [0.05, 0.1) is 6.10 Å². The Morgan fingerprint density at radius 1 is 1.00 bits per heavy atom. The predicted molar refractivity (Wildman–Crippen MR) is 65.2 cm³/mol. The number of hydrogen-bond acceptors (Lipinski definition) is 1. The molecule has 0 aliphatic carbocycles. The van der Waals surface area contributed by atoms with Gasteiger partial charge in [0.15, 0.2) is 0 Å². The summed E-state index contributed by atoms with van der Waals surface area (Å²) in [4.78, 5) is 0. The molecule has 0 aromatic heterocycles. The molecule has 0 aliphatic heterocycles. The molecule has 2 unspecified atom stereocenters. The molecule has 1 heteroatoms. The lowest BCUT2D eigenvalue weighted by atomic mass is 9.96. The average molecular weight is 206 g/mol. The lowest BCUT2D eigenvalue weighted by molar-refractivity contribution is 0.100. The van der Waals surface area contributed by atoms with Gasteiger partial charge in [-0.25, -0.2) is 0 Å². The summed E-state index contributed by atoms with van der Waals surface area (Å²) < 4.78 is 5.41. The standard InChI is InChI=1S/C14H22O/c1-5-11(3)12-7-9-13(10-8-12)14(6-2)15-4/h7-11,14H,5-6H2,1-4H3. The van der Waals surface area contributed by atoms with Crippen LogP contribution >= 0.6 is 0 Å². The summed E-state index contributed by atoms with van der Waals surface area (Å²) in [6.45, 7) is 6.64. The van der Waals surface area contributed by atoms with Crippen molar-refractivity contribution in [2.75, 3.05) is 7.11 Å². The van der Waals surface area contributed by atoms with E-state index in [1.54, 1.807) is 7.11 Å². The highest BCUT2D eigenvalue weighted by Crippen LogP contribution is 2.24. The first-order valence-electron chi connectivity index (χ1n) is 5.85. The summed E-state index contributed by atoms with van der Waals surface area (Å²) in [6.07, 6.45) is 2.47. The van der Waals surface area contributed by atoms with Gasteiger partial charge in [-0.3, -0.25) is 0 Å². The Balaban J connectivity index is 2.79. The van der Waals surface area contributed by atoms with Crippen LogP contribution in [0.1, 0.15) is 56.8 Å². The van der Waals surface area contributed by atoms with E-state index in [-0.39, 0.29) is 6.10 Å². The fraction of sp³-hybridized carbons (Fsp3) is 0.571. The molecule has 1 nitrogen and oxygen atoms in total. The zero-order valence-corrected chi connectivity index (χ0v) is 10.3. The highest BCUT2D eigenvalue weighted by atomic mass is 16.5. The van der Waals surface area contributed by atoms with Crippen LogP contribution in [0, 0.1) is 0 Å². The number of ether oxygens (including phenoxy) is 1. The minimum absolute atomic E-state index is 0.246. The first-order valence-corrected chi connectivity index (χ1v) is 5.85. The molecule has 0 spiro atoms. The fourth-order valence-electron chi connectivity index (χ4n) is 1.81. The first-order chi connectivity index (χ1) is 7.22. The monoisotopic (exact) mass is 206 g/mol. The zero-order valence-electron chi connectivity index (χ0n) is 10.3. The van der Waals surface area contributed by atoms with Crippen LogP contribution in [0.25, 0.3) is 0 Å². The van der Waals surface area contributed by atoms with Gasteiger partial charge < -0.3 is 4.74 Å². The third-order valence-corrected chi connectivity index (χ3v) is 3.14. The van der Waals surface area contributed by atoms with Gasteiger partial charge in [-0.05, 0) is 29.9 Å². The minimum atomic E-state index is 0.246. The molecule has 1 aromatic rings. The molecule has 0 radical (unpaired) electrons. The molecule has 0 fully saturated rings. The van der Waals surface area contributed by atoms with Crippen molar-refractivity contribution in [1.82, 2.24) is 0 Å². The number of methoxy groups -OCH3 is 1. The SMILES string of the molecule is CCC(C)c1ccc(C(CC)OC)cc1. The molecule has 0 saturated carbocycles. The molecule has 0 aliphatic rings. The lowest BCUT2D eigenvalue weighted by Crippen LogP contribution is -2.00. The van der Waals surface area contributed by atoms with E-state index < -0.39 is 0 Å². The molecule has 1 rings (SSSR count).